The molecule has 1 aromatic carbocycles. The Bertz CT molecular complexity index is 477. The second kappa shape index (κ2) is 6.94. The lowest BCUT2D eigenvalue weighted by molar-refractivity contribution is -0.150. The summed E-state index contributed by atoms with van der Waals surface area (Å²) in [5.74, 6) is -0.388. The van der Waals surface area contributed by atoms with E-state index in [1.165, 1.54) is 0 Å². The molecule has 0 fully saturated rings. The van der Waals surface area contributed by atoms with Gasteiger partial charge in [0.15, 0.2) is 0 Å². The molecule has 0 heterocycles. The Balaban J connectivity index is 3.21. The molecule has 0 radical (unpaired) electrons. The van der Waals surface area contributed by atoms with E-state index in [2.05, 4.69) is 11.9 Å². The molecule has 0 saturated heterocycles. The lowest BCUT2D eigenvalue weighted by Gasteiger charge is -2.29. The van der Waals surface area contributed by atoms with Crippen molar-refractivity contribution in [1.29, 1.82) is 0 Å². The summed E-state index contributed by atoms with van der Waals surface area (Å²) in [7, 11) is 0. The highest BCUT2D eigenvalue weighted by Crippen LogP contribution is 2.31. The second-order valence-corrected chi connectivity index (χ2v) is 4.98. The van der Waals surface area contributed by atoms with Gasteiger partial charge in [0.1, 0.15) is 5.54 Å². The number of nitrogens with one attached hydrogen (secondary N) is 1. The molecule has 0 saturated carbocycles. The number of esters is 1. The highest BCUT2D eigenvalue weighted by atomic mass is 35.5. The summed E-state index contributed by atoms with van der Waals surface area (Å²) in [5.41, 5.74) is -0.412. The van der Waals surface area contributed by atoms with Gasteiger partial charge in [-0.15, -0.1) is 6.58 Å². The van der Waals surface area contributed by atoms with E-state index in [-0.39, 0.29) is 5.97 Å². The minimum Gasteiger partial charge on any atom is -0.464 e. The maximum atomic E-state index is 12.2. The molecule has 1 aromatic rings. The quantitative estimate of drug-likeness (QED) is 0.645. The predicted molar refractivity (Wildman–Crippen MR) is 78.6 cm³/mol. The Hall–Kier alpha value is -1.03. The first kappa shape index (κ1) is 16.0. The van der Waals surface area contributed by atoms with Gasteiger partial charge in [0, 0.05) is 22.2 Å². The highest BCUT2D eigenvalue weighted by molar-refractivity contribution is 6.35. The van der Waals surface area contributed by atoms with Crippen LogP contribution in [-0.2, 0) is 15.1 Å². The molecule has 0 aliphatic rings. The summed E-state index contributed by atoms with van der Waals surface area (Å²) < 4.78 is 5.12. The number of ether oxygens (including phenoxy) is 1. The van der Waals surface area contributed by atoms with Crippen LogP contribution in [0.1, 0.15) is 19.4 Å². The molecule has 0 amide bonds. The third kappa shape index (κ3) is 3.72. The van der Waals surface area contributed by atoms with Gasteiger partial charge < -0.3 is 4.74 Å². The fourth-order valence-electron chi connectivity index (χ4n) is 1.72. The normalized spacial score (nSPS) is 13.7. The molecule has 0 spiro atoms. The second-order valence-electron chi connectivity index (χ2n) is 4.14. The van der Waals surface area contributed by atoms with Crippen molar-refractivity contribution < 1.29 is 9.53 Å². The number of hydrogen-bond donors (Lipinski definition) is 1. The molecule has 0 aliphatic carbocycles. The van der Waals surface area contributed by atoms with E-state index in [9.17, 15) is 4.79 Å². The molecular formula is C14H17Cl2NO2. The molecule has 1 rings (SSSR count). The first-order chi connectivity index (χ1) is 8.95. The fourth-order valence-corrected chi connectivity index (χ4v) is 2.32. The third-order valence-electron chi connectivity index (χ3n) is 2.75. The summed E-state index contributed by atoms with van der Waals surface area (Å²) in [6.45, 7) is 7.87. The zero-order valence-corrected chi connectivity index (χ0v) is 12.5. The van der Waals surface area contributed by atoms with Gasteiger partial charge in [-0.3, -0.25) is 5.32 Å². The van der Waals surface area contributed by atoms with Crippen LogP contribution in [0.2, 0.25) is 10.0 Å². The molecule has 0 aliphatic heterocycles. The van der Waals surface area contributed by atoms with E-state index in [0.29, 0.717) is 28.8 Å². The third-order valence-corrected chi connectivity index (χ3v) is 3.30. The van der Waals surface area contributed by atoms with Crippen molar-refractivity contribution in [2.45, 2.75) is 19.4 Å². The van der Waals surface area contributed by atoms with Gasteiger partial charge in [0.05, 0.1) is 6.61 Å². The first-order valence-electron chi connectivity index (χ1n) is 5.94. The topological polar surface area (TPSA) is 38.3 Å². The molecule has 3 nitrogen and oxygen atoms in total. The number of hydrogen-bond acceptors (Lipinski definition) is 3. The lowest BCUT2D eigenvalue weighted by Crippen LogP contribution is -2.48. The van der Waals surface area contributed by atoms with Gasteiger partial charge in [0.25, 0.3) is 0 Å². The number of carbonyl (C=O) groups excluding carboxylic acids is 1. The number of halogens is 2. The van der Waals surface area contributed by atoms with Crippen LogP contribution in [0.25, 0.3) is 0 Å². The molecule has 0 aromatic heterocycles. The standard InChI is InChI=1S/C14H17Cl2NO2/c1-4-8-17-14(3,13(18)19-5-2)11-7-6-10(15)9-12(11)16/h4,6-7,9,17H,1,5,8H2,2-3H3. The molecule has 104 valence electrons. The van der Waals surface area contributed by atoms with Gasteiger partial charge in [-0.25, -0.2) is 4.79 Å². The maximum absolute atomic E-state index is 12.2. The first-order valence-corrected chi connectivity index (χ1v) is 6.70. The molecule has 1 atom stereocenters. The van der Waals surface area contributed by atoms with Crippen molar-refractivity contribution >= 4 is 29.2 Å². The van der Waals surface area contributed by atoms with E-state index in [4.69, 9.17) is 27.9 Å². The van der Waals surface area contributed by atoms with Gasteiger partial charge in [-0.1, -0.05) is 35.3 Å². The van der Waals surface area contributed by atoms with E-state index in [1.54, 1.807) is 38.1 Å². The van der Waals surface area contributed by atoms with Crippen LogP contribution in [-0.4, -0.2) is 19.1 Å². The van der Waals surface area contributed by atoms with Crippen LogP contribution in [0.4, 0.5) is 0 Å². The summed E-state index contributed by atoms with van der Waals surface area (Å²) in [6.07, 6.45) is 1.67. The zero-order chi connectivity index (χ0) is 14.5. The summed E-state index contributed by atoms with van der Waals surface area (Å²) in [6, 6.07) is 5.01. The van der Waals surface area contributed by atoms with Crippen molar-refractivity contribution in [3.05, 3.63) is 46.5 Å². The van der Waals surface area contributed by atoms with Crippen molar-refractivity contribution in [1.82, 2.24) is 5.32 Å². The van der Waals surface area contributed by atoms with Gasteiger partial charge >= 0.3 is 5.97 Å². The SMILES string of the molecule is C=CCNC(C)(C(=O)OCC)c1ccc(Cl)cc1Cl. The van der Waals surface area contributed by atoms with Gasteiger partial charge in [-0.2, -0.15) is 0 Å². The van der Waals surface area contributed by atoms with Crippen LogP contribution in [0.15, 0.2) is 30.9 Å². The van der Waals surface area contributed by atoms with E-state index in [0.717, 1.165) is 0 Å². The minimum absolute atomic E-state index is 0.301. The Morgan fingerprint density at radius 2 is 2.21 bits per heavy atom. The van der Waals surface area contributed by atoms with Crippen molar-refractivity contribution in [3.63, 3.8) is 0 Å². The Morgan fingerprint density at radius 3 is 2.74 bits per heavy atom. The molecular weight excluding hydrogens is 285 g/mol. The Labute approximate surface area is 123 Å². The number of carbonyl (C=O) groups is 1. The van der Waals surface area contributed by atoms with Crippen molar-refractivity contribution in [2.75, 3.05) is 13.2 Å². The highest BCUT2D eigenvalue weighted by Gasteiger charge is 2.37. The number of rotatable bonds is 6. The molecule has 1 N–H and O–H groups in total. The minimum atomic E-state index is -1.04. The molecule has 19 heavy (non-hydrogen) atoms. The van der Waals surface area contributed by atoms with Crippen LogP contribution >= 0.6 is 23.2 Å². The number of benzene rings is 1. The van der Waals surface area contributed by atoms with E-state index >= 15 is 0 Å². The Kier molecular flexibility index (Phi) is 5.85. The maximum Gasteiger partial charge on any atom is 0.330 e. The van der Waals surface area contributed by atoms with Crippen LogP contribution < -0.4 is 5.32 Å². The smallest absolute Gasteiger partial charge is 0.330 e. The van der Waals surface area contributed by atoms with Crippen LogP contribution in [0, 0.1) is 0 Å². The Morgan fingerprint density at radius 1 is 1.53 bits per heavy atom. The van der Waals surface area contributed by atoms with Crippen molar-refractivity contribution in [2.24, 2.45) is 0 Å². The molecule has 0 bridgehead atoms. The molecule has 5 heteroatoms. The average molecular weight is 302 g/mol. The van der Waals surface area contributed by atoms with E-state index < -0.39 is 5.54 Å². The van der Waals surface area contributed by atoms with Crippen LogP contribution in [0.3, 0.4) is 0 Å². The summed E-state index contributed by atoms with van der Waals surface area (Å²) in [5, 5.41) is 4.02. The monoisotopic (exact) mass is 301 g/mol. The van der Waals surface area contributed by atoms with Crippen LogP contribution in [0.5, 0.6) is 0 Å². The summed E-state index contributed by atoms with van der Waals surface area (Å²) in [4.78, 5) is 12.2. The zero-order valence-electron chi connectivity index (χ0n) is 11.0. The summed E-state index contributed by atoms with van der Waals surface area (Å²) >= 11 is 12.1. The van der Waals surface area contributed by atoms with Gasteiger partial charge in [0.2, 0.25) is 0 Å². The molecule has 1 unspecified atom stereocenters. The lowest BCUT2D eigenvalue weighted by atomic mass is 9.91. The largest absolute Gasteiger partial charge is 0.464 e. The fraction of sp³-hybridized carbons (Fsp3) is 0.357. The van der Waals surface area contributed by atoms with E-state index in [1.807, 2.05) is 0 Å². The average Bonchev–Trinajstić information content (AvgIpc) is 2.36. The predicted octanol–water partition coefficient (Wildman–Crippen LogP) is 3.55. The van der Waals surface area contributed by atoms with Gasteiger partial charge in [-0.05, 0) is 26.0 Å². The van der Waals surface area contributed by atoms with Crippen molar-refractivity contribution in [3.8, 4) is 0 Å².